The van der Waals surface area contributed by atoms with E-state index in [0.717, 1.165) is 96.3 Å². The largest absolute Gasteiger partial charge is 0.472 e. The summed E-state index contributed by atoms with van der Waals surface area (Å²) < 4.78 is 69.1. The molecule has 0 aliphatic rings. The number of ether oxygens (including phenoxy) is 4. The molecular formula is C93H182O17P2. The van der Waals surface area contributed by atoms with E-state index in [4.69, 9.17) is 37.0 Å². The molecule has 5 atom stereocenters. The van der Waals surface area contributed by atoms with Crippen molar-refractivity contribution in [2.24, 2.45) is 5.92 Å². The van der Waals surface area contributed by atoms with Gasteiger partial charge in [0.2, 0.25) is 0 Å². The molecule has 0 aliphatic heterocycles. The quantitative estimate of drug-likeness (QED) is 0.0222. The number of esters is 4. The fourth-order valence-corrected chi connectivity index (χ4v) is 16.3. The van der Waals surface area contributed by atoms with Gasteiger partial charge in [0.1, 0.15) is 19.3 Å². The molecule has 0 heterocycles. The summed E-state index contributed by atoms with van der Waals surface area (Å²) in [6, 6.07) is 0. The van der Waals surface area contributed by atoms with E-state index >= 15 is 0 Å². The SMILES string of the molecule is CCCCCCCCCCCCCCCCCCCCCCCCC(=O)O[C@H](COC(=O)CCCCCCCCCCCCCCCCCCCCCC)COP(=O)(O)OC[C@@H](O)COP(=O)(O)OC[C@@H](COC(=O)CCCCCCCCCC(C)C)OC(=O)CCCCCCCCCCCCCCCCCCCCCC. The van der Waals surface area contributed by atoms with Crippen molar-refractivity contribution in [1.82, 2.24) is 0 Å². The number of carbonyl (C=O) groups is 4. The van der Waals surface area contributed by atoms with Crippen LogP contribution in [0.2, 0.25) is 0 Å². The molecule has 112 heavy (non-hydrogen) atoms. The van der Waals surface area contributed by atoms with Crippen LogP contribution >= 0.6 is 15.6 Å². The van der Waals surface area contributed by atoms with Gasteiger partial charge < -0.3 is 33.8 Å². The van der Waals surface area contributed by atoms with Crippen molar-refractivity contribution >= 4 is 39.5 Å². The number of hydrogen-bond donors (Lipinski definition) is 3. The number of unbranched alkanes of at least 4 members (excludes halogenated alkanes) is 65. The monoisotopic (exact) mass is 1630 g/mol. The predicted molar refractivity (Wildman–Crippen MR) is 465 cm³/mol. The average Bonchev–Trinajstić information content (AvgIpc) is 0.915. The highest BCUT2D eigenvalue weighted by atomic mass is 31.2. The number of rotatable bonds is 93. The van der Waals surface area contributed by atoms with Crippen LogP contribution in [0.25, 0.3) is 0 Å². The molecule has 0 radical (unpaired) electrons. The molecule has 666 valence electrons. The Morgan fingerprint density at radius 3 is 0.607 bits per heavy atom. The summed E-state index contributed by atoms with van der Waals surface area (Å²) in [6.07, 6.45) is 82.4. The lowest BCUT2D eigenvalue weighted by Crippen LogP contribution is -2.30. The summed E-state index contributed by atoms with van der Waals surface area (Å²) in [7, 11) is -9.94. The van der Waals surface area contributed by atoms with Crippen molar-refractivity contribution in [2.75, 3.05) is 39.6 Å². The predicted octanol–water partition coefficient (Wildman–Crippen LogP) is 29.1. The van der Waals surface area contributed by atoms with Crippen LogP contribution in [0.1, 0.15) is 510 Å². The van der Waals surface area contributed by atoms with Crippen LogP contribution in [0, 0.1) is 5.92 Å². The van der Waals surface area contributed by atoms with Crippen LogP contribution in [0.5, 0.6) is 0 Å². The zero-order valence-electron chi connectivity index (χ0n) is 73.8. The number of carbonyl (C=O) groups excluding carboxylic acids is 4. The second-order valence-corrected chi connectivity index (χ2v) is 36.8. The zero-order chi connectivity index (χ0) is 81.8. The first-order valence-corrected chi connectivity index (χ1v) is 51.1. The van der Waals surface area contributed by atoms with Crippen molar-refractivity contribution in [3.63, 3.8) is 0 Å². The van der Waals surface area contributed by atoms with E-state index in [1.807, 2.05) is 0 Å². The van der Waals surface area contributed by atoms with Gasteiger partial charge in [-0.05, 0) is 31.6 Å². The van der Waals surface area contributed by atoms with E-state index in [1.54, 1.807) is 0 Å². The Hall–Kier alpha value is -1.94. The Labute approximate surface area is 689 Å². The summed E-state index contributed by atoms with van der Waals surface area (Å²) in [4.78, 5) is 73.4. The molecule has 0 saturated heterocycles. The molecule has 0 saturated carbocycles. The molecule has 0 amide bonds. The molecule has 19 heteroatoms. The van der Waals surface area contributed by atoms with Gasteiger partial charge in [-0.3, -0.25) is 37.3 Å². The van der Waals surface area contributed by atoms with E-state index in [-0.39, 0.29) is 25.7 Å². The van der Waals surface area contributed by atoms with Crippen molar-refractivity contribution in [2.45, 2.75) is 528 Å². The van der Waals surface area contributed by atoms with Gasteiger partial charge >= 0.3 is 39.5 Å². The fraction of sp³-hybridized carbons (Fsp3) is 0.957. The molecule has 0 fully saturated rings. The highest BCUT2D eigenvalue weighted by molar-refractivity contribution is 7.47. The number of aliphatic hydroxyl groups excluding tert-OH is 1. The molecule has 0 aromatic heterocycles. The molecule has 0 aromatic rings. The van der Waals surface area contributed by atoms with Crippen LogP contribution < -0.4 is 0 Å². The lowest BCUT2D eigenvalue weighted by molar-refractivity contribution is -0.161. The summed E-state index contributed by atoms with van der Waals surface area (Å²) in [5.41, 5.74) is 0. The second kappa shape index (κ2) is 85.5. The maximum Gasteiger partial charge on any atom is 0.472 e. The Morgan fingerprint density at radius 1 is 0.241 bits per heavy atom. The third-order valence-corrected chi connectivity index (χ3v) is 23.9. The van der Waals surface area contributed by atoms with Gasteiger partial charge in [0.15, 0.2) is 12.2 Å². The topological polar surface area (TPSA) is 237 Å². The smallest absolute Gasteiger partial charge is 0.462 e. The van der Waals surface area contributed by atoms with Gasteiger partial charge in [-0.1, -0.05) is 458 Å². The minimum Gasteiger partial charge on any atom is -0.462 e. The zero-order valence-corrected chi connectivity index (χ0v) is 75.6. The van der Waals surface area contributed by atoms with E-state index in [2.05, 4.69) is 34.6 Å². The lowest BCUT2D eigenvalue weighted by Gasteiger charge is -2.21. The van der Waals surface area contributed by atoms with Crippen LogP contribution in [0.15, 0.2) is 0 Å². The van der Waals surface area contributed by atoms with Crippen molar-refractivity contribution in [1.29, 1.82) is 0 Å². The lowest BCUT2D eigenvalue weighted by atomic mass is 10.0. The van der Waals surface area contributed by atoms with Gasteiger partial charge in [0.25, 0.3) is 0 Å². The van der Waals surface area contributed by atoms with E-state index < -0.39 is 97.5 Å². The number of phosphoric acid groups is 2. The first kappa shape index (κ1) is 110. The number of hydrogen-bond acceptors (Lipinski definition) is 15. The van der Waals surface area contributed by atoms with Gasteiger partial charge in [-0.2, -0.15) is 0 Å². The molecule has 3 N–H and O–H groups in total. The Kier molecular flexibility index (Phi) is 84.0. The van der Waals surface area contributed by atoms with Gasteiger partial charge in [0.05, 0.1) is 26.4 Å². The highest BCUT2D eigenvalue weighted by Gasteiger charge is 2.31. The maximum absolute atomic E-state index is 13.2. The third kappa shape index (κ3) is 85.9. The van der Waals surface area contributed by atoms with Gasteiger partial charge in [-0.15, -0.1) is 0 Å². The van der Waals surface area contributed by atoms with E-state index in [9.17, 15) is 43.2 Å². The first-order valence-electron chi connectivity index (χ1n) is 48.1. The second-order valence-electron chi connectivity index (χ2n) is 33.9. The maximum atomic E-state index is 13.2. The van der Waals surface area contributed by atoms with Crippen LogP contribution in [0.3, 0.4) is 0 Å². The average molecular weight is 1630 g/mol. The molecule has 0 rings (SSSR count). The number of phosphoric ester groups is 2. The third-order valence-electron chi connectivity index (χ3n) is 22.0. The van der Waals surface area contributed by atoms with Gasteiger partial charge in [0, 0.05) is 25.7 Å². The minimum atomic E-state index is -4.97. The Morgan fingerprint density at radius 2 is 0.411 bits per heavy atom. The number of aliphatic hydroxyl groups is 1. The first-order chi connectivity index (χ1) is 54.5. The van der Waals surface area contributed by atoms with E-state index in [1.165, 1.54) is 327 Å². The summed E-state index contributed by atoms with van der Waals surface area (Å²) >= 11 is 0. The summed E-state index contributed by atoms with van der Waals surface area (Å²) in [5.74, 6) is -1.39. The normalized spacial score (nSPS) is 13.7. The van der Waals surface area contributed by atoms with Crippen LogP contribution in [0.4, 0.5) is 0 Å². The molecule has 2 unspecified atom stereocenters. The summed E-state index contributed by atoms with van der Waals surface area (Å²) in [5, 5.41) is 10.7. The van der Waals surface area contributed by atoms with Gasteiger partial charge in [-0.25, -0.2) is 9.13 Å². The molecule has 17 nitrogen and oxygen atoms in total. The Balaban J connectivity index is 5.20. The minimum absolute atomic E-state index is 0.109. The van der Waals surface area contributed by atoms with Crippen molar-refractivity contribution < 1.29 is 80.2 Å². The molecule has 0 bridgehead atoms. The molecule has 0 aromatic carbocycles. The van der Waals surface area contributed by atoms with Crippen LogP contribution in [-0.2, 0) is 65.4 Å². The van der Waals surface area contributed by atoms with Crippen molar-refractivity contribution in [3.8, 4) is 0 Å². The molecule has 0 aliphatic carbocycles. The standard InChI is InChI=1S/C93H182O17P2/c1-6-9-12-15-18-21-24-27-30-33-36-39-40-43-46-49-52-55-58-63-68-73-78-92(97)109-88(82-103-90(95)76-71-66-61-56-53-50-47-44-41-37-34-31-28-25-22-19-16-13-10-7-2)84-107-111(99,100)105-80-87(94)81-106-112(101,102)108-85-89(83-104-91(96)77-72-67-64-59-60-65-70-75-86(4)5)110-93(98)79-74-69-62-57-54-51-48-45-42-38-35-32-29-26-23-20-17-14-11-8-3/h86-89,94H,6-85H2,1-5H3,(H,99,100)(H,101,102)/t87-,88-,89-/m1/s1. The van der Waals surface area contributed by atoms with Crippen molar-refractivity contribution in [3.05, 3.63) is 0 Å². The molecule has 0 spiro atoms. The Bertz CT molecular complexity index is 2120. The molecular weight excluding hydrogens is 1450 g/mol. The fourth-order valence-electron chi connectivity index (χ4n) is 14.7. The van der Waals surface area contributed by atoms with E-state index in [0.29, 0.717) is 31.6 Å². The van der Waals surface area contributed by atoms with Crippen LogP contribution in [-0.4, -0.2) is 96.7 Å². The summed E-state index contributed by atoms with van der Waals surface area (Å²) in [6.45, 7) is 7.35. The highest BCUT2D eigenvalue weighted by Crippen LogP contribution is 2.45.